The van der Waals surface area contributed by atoms with Crippen LogP contribution in [0.5, 0.6) is 5.75 Å². The highest BCUT2D eigenvalue weighted by Gasteiger charge is 2.18. The smallest absolute Gasteiger partial charge is 0.262 e. The number of ether oxygens (including phenoxy) is 1. The zero-order valence-corrected chi connectivity index (χ0v) is 22.6. The molecular formula is C30H26N6O2S. The highest BCUT2D eigenvalue weighted by Crippen LogP contribution is 2.33. The maximum Gasteiger partial charge on any atom is 0.262 e. The summed E-state index contributed by atoms with van der Waals surface area (Å²) in [7, 11) is 0. The molecule has 1 amide bonds. The molecule has 5 aromatic rings. The molecule has 0 aliphatic carbocycles. The van der Waals surface area contributed by atoms with E-state index in [1.54, 1.807) is 12.5 Å². The number of rotatable bonds is 5. The molecule has 0 saturated carbocycles. The highest BCUT2D eigenvalue weighted by molar-refractivity contribution is 7.07. The number of aromatic nitrogens is 3. The number of nitrogens with zero attached hydrogens (tertiary/aromatic N) is 5. The number of anilines is 1. The third-order valence-electron chi connectivity index (χ3n) is 6.51. The fraction of sp³-hybridized carbons (Fsp3) is 0.133. The molecule has 2 aromatic heterocycles. The van der Waals surface area contributed by atoms with E-state index in [0.29, 0.717) is 11.4 Å². The maximum absolute atomic E-state index is 11.9. The van der Waals surface area contributed by atoms with Crippen molar-refractivity contribution in [2.75, 3.05) is 11.9 Å². The van der Waals surface area contributed by atoms with Gasteiger partial charge >= 0.3 is 0 Å². The van der Waals surface area contributed by atoms with Crippen LogP contribution in [0.2, 0.25) is 0 Å². The first kappa shape index (κ1) is 24.6. The second-order valence-electron chi connectivity index (χ2n) is 9.37. The van der Waals surface area contributed by atoms with Crippen LogP contribution in [-0.2, 0) is 4.79 Å². The van der Waals surface area contributed by atoms with Gasteiger partial charge in [0.1, 0.15) is 5.75 Å². The number of amides is 1. The van der Waals surface area contributed by atoms with Gasteiger partial charge in [0.05, 0.1) is 29.1 Å². The first-order chi connectivity index (χ1) is 18.9. The fourth-order valence-electron chi connectivity index (χ4n) is 4.35. The Labute approximate surface area is 229 Å². The zero-order valence-electron chi connectivity index (χ0n) is 21.8. The number of imidazole rings is 1. The maximum atomic E-state index is 11.9. The van der Waals surface area contributed by atoms with Crippen molar-refractivity contribution in [2.24, 2.45) is 10.1 Å². The topological polar surface area (TPSA) is 85.8 Å². The molecule has 0 atom stereocenters. The molecule has 0 fully saturated rings. The van der Waals surface area contributed by atoms with Gasteiger partial charge in [-0.15, -0.1) is 11.3 Å². The number of hydrogen-bond acceptors (Lipinski definition) is 6. The van der Waals surface area contributed by atoms with Gasteiger partial charge in [0.2, 0.25) is 4.80 Å². The van der Waals surface area contributed by atoms with Crippen LogP contribution in [0.25, 0.3) is 16.9 Å². The average Bonchev–Trinajstić information content (AvgIpc) is 3.61. The van der Waals surface area contributed by atoms with E-state index in [1.165, 1.54) is 11.3 Å². The number of thiazole rings is 1. The van der Waals surface area contributed by atoms with E-state index in [4.69, 9.17) is 14.8 Å². The van der Waals surface area contributed by atoms with E-state index in [0.717, 1.165) is 49.8 Å². The lowest BCUT2D eigenvalue weighted by molar-refractivity contribution is -0.118. The molecule has 0 saturated heterocycles. The van der Waals surface area contributed by atoms with Gasteiger partial charge in [0.25, 0.3) is 5.91 Å². The Bertz CT molecular complexity index is 1780. The number of benzene rings is 3. The van der Waals surface area contributed by atoms with Crippen molar-refractivity contribution in [3.8, 4) is 22.7 Å². The van der Waals surface area contributed by atoms with Crippen LogP contribution in [0.15, 0.2) is 94.9 Å². The van der Waals surface area contributed by atoms with Crippen molar-refractivity contribution in [2.45, 2.75) is 20.8 Å². The summed E-state index contributed by atoms with van der Waals surface area (Å²) in [5, 5.41) is 9.98. The van der Waals surface area contributed by atoms with E-state index in [9.17, 15) is 4.79 Å². The lowest BCUT2D eigenvalue weighted by atomic mass is 10.1. The summed E-state index contributed by atoms with van der Waals surface area (Å²) in [6.07, 6.45) is 5.45. The van der Waals surface area contributed by atoms with Crippen molar-refractivity contribution in [1.29, 1.82) is 0 Å². The Morgan fingerprint density at radius 1 is 1.08 bits per heavy atom. The minimum atomic E-state index is -0.170. The Morgan fingerprint density at radius 3 is 2.72 bits per heavy atom. The van der Waals surface area contributed by atoms with Crippen molar-refractivity contribution < 1.29 is 9.53 Å². The van der Waals surface area contributed by atoms with Gasteiger partial charge in [-0.25, -0.2) is 14.7 Å². The SMILES string of the molecule is CC(=Nn1c(-c2ccc3c(c2)NC(=O)CO3)csc1=Nc1cc(C)ccc1C)c1ccc(-n2ccnc2)cc1. The van der Waals surface area contributed by atoms with Crippen molar-refractivity contribution >= 4 is 34.3 Å². The van der Waals surface area contributed by atoms with Gasteiger partial charge in [-0.3, -0.25) is 4.79 Å². The van der Waals surface area contributed by atoms with Gasteiger partial charge < -0.3 is 14.6 Å². The molecule has 6 rings (SSSR count). The standard InChI is InChI=1S/C30H26N6O2S/c1-19-4-5-20(2)25(14-19)33-30-36(34-21(3)22-6-9-24(10-7-22)35-13-12-31-18-35)27(17-39-30)23-8-11-28-26(15-23)32-29(37)16-38-28/h4-15,17-18H,16H2,1-3H3,(H,32,37). The van der Waals surface area contributed by atoms with Crippen LogP contribution in [0.1, 0.15) is 23.6 Å². The summed E-state index contributed by atoms with van der Waals surface area (Å²) in [5.41, 5.74) is 8.39. The molecule has 0 radical (unpaired) electrons. The summed E-state index contributed by atoms with van der Waals surface area (Å²) < 4.78 is 9.39. The van der Waals surface area contributed by atoms with E-state index in [2.05, 4.69) is 42.3 Å². The number of aryl methyl sites for hydroxylation is 2. The van der Waals surface area contributed by atoms with Gasteiger partial charge in [-0.2, -0.15) is 5.10 Å². The molecule has 3 heterocycles. The normalized spacial score (nSPS) is 13.7. The first-order valence-electron chi connectivity index (χ1n) is 12.5. The zero-order chi connectivity index (χ0) is 26.9. The second-order valence-corrected chi connectivity index (χ2v) is 10.2. The summed E-state index contributed by atoms with van der Waals surface area (Å²) in [6.45, 7) is 6.13. The number of carbonyl (C=O) groups excluding carboxylic acids is 1. The minimum absolute atomic E-state index is 0.0206. The van der Waals surface area contributed by atoms with Crippen LogP contribution in [0.3, 0.4) is 0 Å². The minimum Gasteiger partial charge on any atom is -0.482 e. The average molecular weight is 535 g/mol. The molecule has 1 aliphatic rings. The molecule has 39 heavy (non-hydrogen) atoms. The van der Waals surface area contributed by atoms with Crippen LogP contribution >= 0.6 is 11.3 Å². The lowest BCUT2D eigenvalue weighted by Gasteiger charge is -2.18. The molecule has 9 heteroatoms. The molecular weight excluding hydrogens is 508 g/mol. The van der Waals surface area contributed by atoms with Gasteiger partial charge in [0, 0.05) is 29.0 Å². The summed E-state index contributed by atoms with van der Waals surface area (Å²) in [4.78, 5) is 21.8. The molecule has 3 aromatic carbocycles. The molecule has 1 aliphatic heterocycles. The number of carbonyl (C=O) groups is 1. The van der Waals surface area contributed by atoms with E-state index < -0.39 is 0 Å². The van der Waals surface area contributed by atoms with Crippen molar-refractivity contribution in [3.05, 3.63) is 106 Å². The largest absolute Gasteiger partial charge is 0.482 e. The number of nitrogens with one attached hydrogen (secondary N) is 1. The fourth-order valence-corrected chi connectivity index (χ4v) is 5.19. The van der Waals surface area contributed by atoms with E-state index >= 15 is 0 Å². The van der Waals surface area contributed by atoms with Crippen molar-refractivity contribution in [1.82, 2.24) is 14.2 Å². The van der Waals surface area contributed by atoms with Crippen LogP contribution in [0, 0.1) is 13.8 Å². The van der Waals surface area contributed by atoms with Crippen LogP contribution < -0.4 is 14.9 Å². The van der Waals surface area contributed by atoms with Crippen molar-refractivity contribution in [3.63, 3.8) is 0 Å². The number of fused-ring (bicyclic) bond motifs is 1. The Hall–Kier alpha value is -4.76. The predicted octanol–water partition coefficient (Wildman–Crippen LogP) is 5.85. The van der Waals surface area contributed by atoms with Gasteiger partial charge in [-0.05, 0) is 73.9 Å². The Kier molecular flexibility index (Phi) is 6.42. The third-order valence-corrected chi connectivity index (χ3v) is 7.33. The monoisotopic (exact) mass is 534 g/mol. The summed E-state index contributed by atoms with van der Waals surface area (Å²) >= 11 is 1.52. The quantitative estimate of drug-likeness (QED) is 0.287. The second kappa shape index (κ2) is 10.2. The van der Waals surface area contributed by atoms with Gasteiger partial charge in [-0.1, -0.05) is 24.3 Å². The highest BCUT2D eigenvalue weighted by atomic mass is 32.1. The third kappa shape index (κ3) is 5.04. The molecule has 8 nitrogen and oxygen atoms in total. The Balaban J connectivity index is 1.47. The molecule has 0 spiro atoms. The molecule has 194 valence electrons. The van der Waals surface area contributed by atoms with E-state index in [-0.39, 0.29) is 12.5 Å². The molecule has 0 bridgehead atoms. The van der Waals surface area contributed by atoms with E-state index in [1.807, 2.05) is 70.2 Å². The predicted molar refractivity (Wildman–Crippen MR) is 154 cm³/mol. The van der Waals surface area contributed by atoms with Gasteiger partial charge in [0.15, 0.2) is 6.61 Å². The van der Waals surface area contributed by atoms with Crippen LogP contribution in [0.4, 0.5) is 11.4 Å². The van der Waals surface area contributed by atoms with Crippen LogP contribution in [-0.4, -0.2) is 32.5 Å². The summed E-state index contributed by atoms with van der Waals surface area (Å²) in [6, 6.07) is 20.2. The molecule has 0 unspecified atom stereocenters. The first-order valence-corrected chi connectivity index (χ1v) is 13.4. The number of hydrogen-bond donors (Lipinski definition) is 1. The Morgan fingerprint density at radius 2 is 1.92 bits per heavy atom. The lowest BCUT2D eigenvalue weighted by Crippen LogP contribution is -2.25. The molecule has 1 N–H and O–H groups in total. The summed E-state index contributed by atoms with van der Waals surface area (Å²) in [5.74, 6) is 0.481.